The second-order valence-corrected chi connectivity index (χ2v) is 18.8. The largest absolute Gasteiger partial charge is 0.364 e. The summed E-state index contributed by atoms with van der Waals surface area (Å²) in [6.45, 7) is 0. The fourth-order valence-electron chi connectivity index (χ4n) is 13.8. The van der Waals surface area contributed by atoms with E-state index in [0.29, 0.717) is 59.8 Å². The standard InChI is InChI=1S/C50H63N3/c1-4-14-34(15-5-1)35-24-26-36(27-25-35)49-50(51-49,39-16-6-2-7-17-39)53-47-23-13-11-20-41(47)43-30-28-38(33-48(43)53)37-29-31-46-44(32-37)42-21-10-12-22-45(42)52(46)40-18-8-3-9-19-40/h4,10-11,13-16,18,20-21,23-24,26,29,32,35-36,38,41-43,45-49,51H,1-3,5-9,12,17,19,22,25,27-28,30-31,33H2/t35?,36?,38?,41?,42?,43?,45?,46?,47?,48?,49-,50+/m0/s1. The maximum absolute atomic E-state index is 4.39. The number of fused-ring (bicyclic) bond motifs is 6. The van der Waals surface area contributed by atoms with Crippen LogP contribution in [0.25, 0.3) is 0 Å². The molecule has 11 rings (SSSR count). The van der Waals surface area contributed by atoms with Gasteiger partial charge in [0.15, 0.2) is 0 Å². The molecule has 3 saturated heterocycles. The molecule has 12 atom stereocenters. The lowest BCUT2D eigenvalue weighted by atomic mass is 9.70. The maximum atomic E-state index is 4.39. The molecule has 1 N–H and O–H groups in total. The minimum Gasteiger partial charge on any atom is -0.364 e. The van der Waals surface area contributed by atoms with E-state index in [2.05, 4.69) is 106 Å². The fourth-order valence-corrected chi connectivity index (χ4v) is 13.8. The highest BCUT2D eigenvalue weighted by Crippen LogP contribution is 2.59. The molecule has 3 aliphatic heterocycles. The van der Waals surface area contributed by atoms with Gasteiger partial charge in [0, 0.05) is 41.6 Å². The second-order valence-electron chi connectivity index (χ2n) is 18.8. The minimum absolute atomic E-state index is 0.0241. The van der Waals surface area contributed by atoms with Gasteiger partial charge in [-0.15, -0.1) is 0 Å². The number of nitrogens with one attached hydrogen (secondary N) is 1. The normalized spacial score (nSPS) is 44.3. The van der Waals surface area contributed by atoms with E-state index >= 15 is 0 Å². The number of rotatable bonds is 6. The van der Waals surface area contributed by atoms with Crippen LogP contribution >= 0.6 is 0 Å². The van der Waals surface area contributed by atoms with Gasteiger partial charge in [0.05, 0.1) is 12.1 Å². The number of nitrogens with zero attached hydrogens (tertiary/aromatic N) is 2. The number of allylic oxidation sites excluding steroid dienone is 13. The highest BCUT2D eigenvalue weighted by Gasteiger charge is 2.68. The van der Waals surface area contributed by atoms with Crippen molar-refractivity contribution in [1.29, 1.82) is 0 Å². The van der Waals surface area contributed by atoms with Crippen molar-refractivity contribution in [2.75, 3.05) is 0 Å². The third-order valence-corrected chi connectivity index (χ3v) is 16.2. The van der Waals surface area contributed by atoms with Crippen LogP contribution in [0.4, 0.5) is 0 Å². The molecule has 0 spiro atoms. The van der Waals surface area contributed by atoms with Crippen molar-refractivity contribution >= 4 is 0 Å². The van der Waals surface area contributed by atoms with E-state index in [4.69, 9.17) is 0 Å². The van der Waals surface area contributed by atoms with Crippen LogP contribution in [0.15, 0.2) is 119 Å². The molecular formula is C50H63N3. The predicted octanol–water partition coefficient (Wildman–Crippen LogP) is 11.0. The molecule has 0 bridgehead atoms. The Morgan fingerprint density at radius 3 is 2.45 bits per heavy atom. The number of likely N-dealkylation sites (tertiary alicyclic amines) is 2. The smallest absolute Gasteiger partial charge is 0.111 e. The molecule has 3 heterocycles. The van der Waals surface area contributed by atoms with Crippen molar-refractivity contribution < 1.29 is 0 Å². The van der Waals surface area contributed by atoms with Crippen molar-refractivity contribution in [3.05, 3.63) is 119 Å². The van der Waals surface area contributed by atoms with Gasteiger partial charge in [-0.2, -0.15) is 0 Å². The van der Waals surface area contributed by atoms with Gasteiger partial charge in [-0.25, -0.2) is 0 Å². The molecule has 0 amide bonds. The van der Waals surface area contributed by atoms with Gasteiger partial charge < -0.3 is 4.90 Å². The first kappa shape index (κ1) is 33.5. The van der Waals surface area contributed by atoms with E-state index in [-0.39, 0.29) is 5.66 Å². The third-order valence-electron chi connectivity index (χ3n) is 16.2. The first-order valence-corrected chi connectivity index (χ1v) is 22.5. The van der Waals surface area contributed by atoms with E-state index in [9.17, 15) is 0 Å². The molecule has 0 aromatic carbocycles. The van der Waals surface area contributed by atoms with Crippen LogP contribution in [0.3, 0.4) is 0 Å². The summed E-state index contributed by atoms with van der Waals surface area (Å²) in [6, 6.07) is 2.93. The summed E-state index contributed by atoms with van der Waals surface area (Å²) in [5.74, 6) is 3.92. The molecular weight excluding hydrogens is 643 g/mol. The summed E-state index contributed by atoms with van der Waals surface area (Å²) < 4.78 is 0. The van der Waals surface area contributed by atoms with Crippen molar-refractivity contribution in [1.82, 2.24) is 15.1 Å². The summed E-state index contributed by atoms with van der Waals surface area (Å²) in [5.41, 5.74) is 8.47. The molecule has 53 heavy (non-hydrogen) atoms. The Kier molecular flexibility index (Phi) is 8.65. The van der Waals surface area contributed by atoms with Crippen molar-refractivity contribution in [2.45, 2.75) is 151 Å². The Morgan fingerprint density at radius 2 is 1.62 bits per heavy atom. The van der Waals surface area contributed by atoms with E-state index in [1.807, 2.05) is 0 Å². The zero-order chi connectivity index (χ0) is 34.9. The van der Waals surface area contributed by atoms with Gasteiger partial charge >= 0.3 is 0 Å². The lowest BCUT2D eigenvalue weighted by molar-refractivity contribution is 0.0897. The number of hydrogen-bond acceptors (Lipinski definition) is 3. The Morgan fingerprint density at radius 1 is 0.698 bits per heavy atom. The molecule has 278 valence electrons. The molecule has 3 nitrogen and oxygen atoms in total. The van der Waals surface area contributed by atoms with Crippen LogP contribution in [-0.4, -0.2) is 45.7 Å². The van der Waals surface area contributed by atoms with Crippen LogP contribution in [0.1, 0.15) is 116 Å². The Labute approximate surface area is 320 Å². The monoisotopic (exact) mass is 706 g/mol. The van der Waals surface area contributed by atoms with Gasteiger partial charge in [0.1, 0.15) is 5.66 Å². The molecule has 8 aliphatic carbocycles. The van der Waals surface area contributed by atoms with Crippen LogP contribution in [0.2, 0.25) is 0 Å². The van der Waals surface area contributed by atoms with E-state index in [1.165, 1.54) is 116 Å². The average Bonchev–Trinajstić information content (AvgIpc) is 3.77. The molecule has 3 heteroatoms. The number of hydrogen-bond donors (Lipinski definition) is 1. The maximum Gasteiger partial charge on any atom is 0.111 e. The Balaban J connectivity index is 0.900. The predicted molar refractivity (Wildman–Crippen MR) is 219 cm³/mol. The quantitative estimate of drug-likeness (QED) is 0.220. The van der Waals surface area contributed by atoms with Gasteiger partial charge in [-0.05, 0) is 156 Å². The average molecular weight is 706 g/mol. The van der Waals surface area contributed by atoms with Crippen molar-refractivity contribution in [3.63, 3.8) is 0 Å². The Hall–Kier alpha value is -2.88. The highest BCUT2D eigenvalue weighted by molar-refractivity contribution is 5.45. The summed E-state index contributed by atoms with van der Waals surface area (Å²) in [7, 11) is 0. The molecule has 1 saturated carbocycles. The third kappa shape index (κ3) is 5.55. The van der Waals surface area contributed by atoms with Gasteiger partial charge in [-0.1, -0.05) is 91.1 Å². The SMILES string of the molecule is C1=CC2C3CCC(C4=CCC5C(=C4)C4C=CCCC4N5C4=CCCCC4)CC3N([C@@]3(C4=CCCCC4)N[C@H]3C3C=CC(C4=CCCC=C4)CC3)C2C=C1. The molecule has 11 aliphatic rings. The zero-order valence-corrected chi connectivity index (χ0v) is 32.1. The molecule has 4 fully saturated rings. The van der Waals surface area contributed by atoms with Crippen LogP contribution < -0.4 is 5.32 Å². The van der Waals surface area contributed by atoms with E-state index in [1.54, 1.807) is 28.0 Å². The lowest BCUT2D eigenvalue weighted by Gasteiger charge is -2.44. The van der Waals surface area contributed by atoms with Crippen LogP contribution in [0, 0.1) is 35.5 Å². The summed E-state index contributed by atoms with van der Waals surface area (Å²) >= 11 is 0. The summed E-state index contributed by atoms with van der Waals surface area (Å²) in [6.07, 6.45) is 61.9. The second kappa shape index (κ2) is 13.7. The van der Waals surface area contributed by atoms with E-state index in [0.717, 1.165) is 5.92 Å². The first-order valence-electron chi connectivity index (χ1n) is 22.5. The summed E-state index contributed by atoms with van der Waals surface area (Å²) in [5, 5.41) is 4.39. The summed E-state index contributed by atoms with van der Waals surface area (Å²) in [4.78, 5) is 6.09. The fraction of sp³-hybridized carbons (Fsp3) is 0.600. The van der Waals surface area contributed by atoms with Crippen molar-refractivity contribution in [2.24, 2.45) is 35.5 Å². The van der Waals surface area contributed by atoms with E-state index < -0.39 is 0 Å². The molecule has 0 radical (unpaired) electrons. The molecule has 0 aromatic rings. The highest BCUT2D eigenvalue weighted by atomic mass is 15.5. The van der Waals surface area contributed by atoms with Crippen LogP contribution in [-0.2, 0) is 0 Å². The lowest BCUT2D eigenvalue weighted by Crippen LogP contribution is -2.53. The van der Waals surface area contributed by atoms with Gasteiger partial charge in [0.2, 0.25) is 0 Å². The topological polar surface area (TPSA) is 28.4 Å². The molecule has 10 unspecified atom stereocenters. The van der Waals surface area contributed by atoms with Crippen LogP contribution in [0.5, 0.6) is 0 Å². The van der Waals surface area contributed by atoms with Gasteiger partial charge in [0.25, 0.3) is 0 Å². The minimum atomic E-state index is 0.0241. The van der Waals surface area contributed by atoms with Crippen molar-refractivity contribution in [3.8, 4) is 0 Å². The zero-order valence-electron chi connectivity index (χ0n) is 32.1. The van der Waals surface area contributed by atoms with Gasteiger partial charge in [-0.3, -0.25) is 10.2 Å². The first-order chi connectivity index (χ1) is 26.3. The Bertz CT molecular complexity index is 1780. The molecule has 0 aromatic heterocycles.